The Morgan fingerprint density at radius 2 is 1.92 bits per heavy atom. The molecule has 0 aromatic carbocycles. The van der Waals surface area contributed by atoms with E-state index in [0.717, 1.165) is 31.6 Å². The molecule has 1 aliphatic carbocycles. The van der Waals surface area contributed by atoms with E-state index in [1.165, 1.54) is 19.3 Å². The third-order valence-electron chi connectivity index (χ3n) is 2.54. The second-order valence-electron chi connectivity index (χ2n) is 3.98. The van der Waals surface area contributed by atoms with Crippen molar-refractivity contribution in [1.82, 2.24) is 10.6 Å². The molecule has 1 rings (SSSR count). The molecular weight excluding hydrogens is 148 g/mol. The molecule has 0 amide bonds. The standard InChI is InChI=1S/C10H22N2/c1-3-4-11-5-6-12-10-7-9(2)8-10/h9-12H,3-8H2,1-2H3. The van der Waals surface area contributed by atoms with Gasteiger partial charge in [0.15, 0.2) is 0 Å². The Balaban J connectivity index is 1.77. The van der Waals surface area contributed by atoms with E-state index in [9.17, 15) is 0 Å². The molecule has 2 N–H and O–H groups in total. The molecule has 2 nitrogen and oxygen atoms in total. The first-order chi connectivity index (χ1) is 5.83. The molecule has 1 aliphatic rings. The summed E-state index contributed by atoms with van der Waals surface area (Å²) in [6.07, 6.45) is 4.00. The fourth-order valence-corrected chi connectivity index (χ4v) is 1.74. The molecule has 0 saturated heterocycles. The Bertz CT molecular complexity index is 108. The maximum absolute atomic E-state index is 3.55. The fourth-order valence-electron chi connectivity index (χ4n) is 1.74. The van der Waals surface area contributed by atoms with Crippen LogP contribution in [0, 0.1) is 5.92 Å². The molecule has 0 spiro atoms. The first-order valence-electron chi connectivity index (χ1n) is 5.27. The van der Waals surface area contributed by atoms with Crippen LogP contribution in [0.15, 0.2) is 0 Å². The summed E-state index contributed by atoms with van der Waals surface area (Å²) in [6, 6.07) is 0.823. The van der Waals surface area contributed by atoms with E-state index in [0.29, 0.717) is 0 Å². The molecule has 1 fully saturated rings. The normalized spacial score (nSPS) is 28.5. The zero-order valence-electron chi connectivity index (χ0n) is 8.40. The lowest BCUT2D eigenvalue weighted by molar-refractivity contribution is 0.242. The summed E-state index contributed by atoms with van der Waals surface area (Å²) < 4.78 is 0. The smallest absolute Gasteiger partial charge is 0.00793 e. The monoisotopic (exact) mass is 170 g/mol. The quantitative estimate of drug-likeness (QED) is 0.588. The van der Waals surface area contributed by atoms with E-state index in [4.69, 9.17) is 0 Å². The van der Waals surface area contributed by atoms with Crippen LogP contribution in [0.3, 0.4) is 0 Å². The van der Waals surface area contributed by atoms with Crippen LogP contribution in [0.25, 0.3) is 0 Å². The zero-order valence-corrected chi connectivity index (χ0v) is 8.40. The molecule has 12 heavy (non-hydrogen) atoms. The first kappa shape index (κ1) is 10.0. The minimum Gasteiger partial charge on any atom is -0.315 e. The topological polar surface area (TPSA) is 24.1 Å². The van der Waals surface area contributed by atoms with Crippen molar-refractivity contribution < 1.29 is 0 Å². The molecule has 0 atom stereocenters. The maximum Gasteiger partial charge on any atom is 0.00793 e. The Morgan fingerprint density at radius 3 is 2.50 bits per heavy atom. The van der Waals surface area contributed by atoms with Crippen molar-refractivity contribution in [3.8, 4) is 0 Å². The molecule has 1 saturated carbocycles. The van der Waals surface area contributed by atoms with Gasteiger partial charge in [-0.15, -0.1) is 0 Å². The van der Waals surface area contributed by atoms with Crippen LogP contribution in [0.4, 0.5) is 0 Å². The van der Waals surface area contributed by atoms with Gasteiger partial charge in [0.25, 0.3) is 0 Å². The van der Waals surface area contributed by atoms with E-state index >= 15 is 0 Å². The molecule has 0 aromatic rings. The van der Waals surface area contributed by atoms with Crippen molar-refractivity contribution in [3.63, 3.8) is 0 Å². The SMILES string of the molecule is CCCNCCNC1CC(C)C1. The van der Waals surface area contributed by atoms with E-state index in [1.54, 1.807) is 0 Å². The highest BCUT2D eigenvalue weighted by Gasteiger charge is 2.23. The lowest BCUT2D eigenvalue weighted by atomic mass is 9.82. The van der Waals surface area contributed by atoms with Crippen molar-refractivity contribution in [1.29, 1.82) is 0 Å². The van der Waals surface area contributed by atoms with Crippen LogP contribution in [0.1, 0.15) is 33.1 Å². The maximum atomic E-state index is 3.55. The van der Waals surface area contributed by atoms with Crippen molar-refractivity contribution in [3.05, 3.63) is 0 Å². The van der Waals surface area contributed by atoms with Crippen molar-refractivity contribution in [2.45, 2.75) is 39.2 Å². The number of hydrogen-bond donors (Lipinski definition) is 2. The van der Waals surface area contributed by atoms with Crippen LogP contribution >= 0.6 is 0 Å². The van der Waals surface area contributed by atoms with Crippen LogP contribution in [0.5, 0.6) is 0 Å². The number of nitrogens with one attached hydrogen (secondary N) is 2. The molecule has 0 unspecified atom stereocenters. The molecular formula is C10H22N2. The van der Waals surface area contributed by atoms with Crippen molar-refractivity contribution in [2.24, 2.45) is 5.92 Å². The summed E-state index contributed by atoms with van der Waals surface area (Å²) in [7, 11) is 0. The molecule has 0 heterocycles. The second-order valence-corrected chi connectivity index (χ2v) is 3.98. The highest BCUT2D eigenvalue weighted by atomic mass is 15.0. The van der Waals surface area contributed by atoms with Gasteiger partial charge in [0.05, 0.1) is 0 Å². The Kier molecular flexibility index (Phi) is 4.62. The third-order valence-corrected chi connectivity index (χ3v) is 2.54. The van der Waals surface area contributed by atoms with Gasteiger partial charge in [-0.25, -0.2) is 0 Å². The van der Waals surface area contributed by atoms with Gasteiger partial charge in [0, 0.05) is 19.1 Å². The summed E-state index contributed by atoms with van der Waals surface area (Å²) in [6.45, 7) is 7.94. The van der Waals surface area contributed by atoms with Gasteiger partial charge in [0.1, 0.15) is 0 Å². The number of rotatable bonds is 6. The first-order valence-corrected chi connectivity index (χ1v) is 5.27. The highest BCUT2D eigenvalue weighted by molar-refractivity contribution is 4.82. The van der Waals surface area contributed by atoms with Crippen LogP contribution in [-0.2, 0) is 0 Å². The Hall–Kier alpha value is -0.0800. The van der Waals surface area contributed by atoms with Gasteiger partial charge in [-0.05, 0) is 31.7 Å². The minimum atomic E-state index is 0.823. The van der Waals surface area contributed by atoms with E-state index in [2.05, 4.69) is 24.5 Å². The molecule has 0 aliphatic heterocycles. The third kappa shape index (κ3) is 3.55. The lowest BCUT2D eigenvalue weighted by Crippen LogP contribution is -2.42. The van der Waals surface area contributed by atoms with Gasteiger partial charge in [-0.2, -0.15) is 0 Å². The predicted octanol–water partition coefficient (Wildman–Crippen LogP) is 1.37. The van der Waals surface area contributed by atoms with E-state index < -0.39 is 0 Å². The van der Waals surface area contributed by atoms with E-state index in [-0.39, 0.29) is 0 Å². The fraction of sp³-hybridized carbons (Fsp3) is 1.00. The molecule has 2 heteroatoms. The summed E-state index contributed by atoms with van der Waals surface area (Å²) in [4.78, 5) is 0. The zero-order chi connectivity index (χ0) is 8.81. The largest absolute Gasteiger partial charge is 0.315 e. The average molecular weight is 170 g/mol. The van der Waals surface area contributed by atoms with Crippen LogP contribution in [-0.4, -0.2) is 25.7 Å². The van der Waals surface area contributed by atoms with Crippen molar-refractivity contribution >= 4 is 0 Å². The van der Waals surface area contributed by atoms with Gasteiger partial charge < -0.3 is 10.6 Å². The Morgan fingerprint density at radius 1 is 1.17 bits per heavy atom. The van der Waals surface area contributed by atoms with Gasteiger partial charge >= 0.3 is 0 Å². The summed E-state index contributed by atoms with van der Waals surface area (Å²) >= 11 is 0. The molecule has 0 radical (unpaired) electrons. The molecule has 72 valence electrons. The predicted molar refractivity (Wildman–Crippen MR) is 53.3 cm³/mol. The van der Waals surface area contributed by atoms with Crippen molar-refractivity contribution in [2.75, 3.05) is 19.6 Å². The summed E-state index contributed by atoms with van der Waals surface area (Å²) in [5, 5.41) is 6.93. The van der Waals surface area contributed by atoms with Gasteiger partial charge in [-0.3, -0.25) is 0 Å². The summed E-state index contributed by atoms with van der Waals surface area (Å²) in [5.74, 6) is 0.964. The minimum absolute atomic E-state index is 0.823. The second kappa shape index (κ2) is 5.55. The summed E-state index contributed by atoms with van der Waals surface area (Å²) in [5.41, 5.74) is 0. The van der Waals surface area contributed by atoms with Crippen LogP contribution < -0.4 is 10.6 Å². The lowest BCUT2D eigenvalue weighted by Gasteiger charge is -2.33. The van der Waals surface area contributed by atoms with Gasteiger partial charge in [-0.1, -0.05) is 13.8 Å². The van der Waals surface area contributed by atoms with Gasteiger partial charge in [0.2, 0.25) is 0 Å². The Labute approximate surface area is 76.1 Å². The van der Waals surface area contributed by atoms with E-state index in [1.807, 2.05) is 0 Å². The average Bonchev–Trinajstić information content (AvgIpc) is 2.00. The molecule has 0 aromatic heterocycles. The highest BCUT2D eigenvalue weighted by Crippen LogP contribution is 2.25. The number of hydrogen-bond acceptors (Lipinski definition) is 2. The van der Waals surface area contributed by atoms with Crippen LogP contribution in [0.2, 0.25) is 0 Å². The molecule has 0 bridgehead atoms.